The Balaban J connectivity index is 2.03. The molecule has 1 saturated heterocycles. The predicted molar refractivity (Wildman–Crippen MR) is 84.3 cm³/mol. The Morgan fingerprint density at radius 2 is 1.63 bits per heavy atom. The van der Waals surface area contributed by atoms with Crippen molar-refractivity contribution in [2.24, 2.45) is 0 Å². The van der Waals surface area contributed by atoms with Gasteiger partial charge in [-0.25, -0.2) is 0 Å². The molecule has 0 bridgehead atoms. The van der Waals surface area contributed by atoms with E-state index >= 15 is 0 Å². The smallest absolute Gasteiger partial charge is 0.0366 e. The highest BCUT2D eigenvalue weighted by Gasteiger charge is 2.13. The molecule has 0 amide bonds. The van der Waals surface area contributed by atoms with E-state index in [9.17, 15) is 0 Å². The first-order valence-corrected chi connectivity index (χ1v) is 7.28. The summed E-state index contributed by atoms with van der Waals surface area (Å²) in [5.41, 5.74) is 3.68. The minimum atomic E-state index is 0.103. The van der Waals surface area contributed by atoms with E-state index in [0.717, 1.165) is 13.1 Å². The highest BCUT2D eigenvalue weighted by Crippen LogP contribution is 2.24. The van der Waals surface area contributed by atoms with E-state index in [-0.39, 0.29) is 5.54 Å². The maximum absolute atomic E-state index is 4.26. The summed E-state index contributed by atoms with van der Waals surface area (Å²) < 4.78 is 0. The van der Waals surface area contributed by atoms with Gasteiger partial charge in [0.15, 0.2) is 0 Å². The van der Waals surface area contributed by atoms with Crippen molar-refractivity contribution in [3.63, 3.8) is 0 Å². The van der Waals surface area contributed by atoms with Gasteiger partial charge in [-0.3, -0.25) is 0 Å². The lowest BCUT2D eigenvalue weighted by atomic mass is 10.1. The summed E-state index contributed by atoms with van der Waals surface area (Å²) in [6, 6.07) is 8.64. The Labute approximate surface area is 117 Å². The number of benzene rings is 1. The molecule has 104 valence electrons. The largest absolute Gasteiger partial charge is 0.380 e. The average molecular weight is 258 g/mol. The highest BCUT2D eigenvalue weighted by atomic mass is 15.1. The lowest BCUT2D eigenvalue weighted by molar-refractivity contribution is 0.326. The summed E-state index contributed by atoms with van der Waals surface area (Å²) >= 11 is 0. The number of rotatable bonds is 3. The van der Waals surface area contributed by atoms with Crippen LogP contribution in [0.1, 0.15) is 45.6 Å². The third-order valence-electron chi connectivity index (χ3n) is 3.48. The average Bonchev–Trinajstić information content (AvgIpc) is 2.38. The molecule has 1 aromatic rings. The van der Waals surface area contributed by atoms with Gasteiger partial charge in [0.25, 0.3) is 0 Å². The van der Waals surface area contributed by atoms with E-state index in [1.54, 1.807) is 0 Å². The van der Waals surface area contributed by atoms with Gasteiger partial charge in [-0.15, -0.1) is 0 Å². The lowest BCUT2D eigenvalue weighted by Gasteiger charge is -2.30. The Hall–Kier alpha value is -1.44. The molecular formula is C17H26N2. The molecule has 0 atom stereocenters. The molecular weight excluding hydrogens is 232 g/mol. The van der Waals surface area contributed by atoms with Crippen molar-refractivity contribution in [1.82, 2.24) is 4.90 Å². The fourth-order valence-corrected chi connectivity index (χ4v) is 2.53. The van der Waals surface area contributed by atoms with Crippen LogP contribution in [0.25, 0.3) is 5.70 Å². The number of hydrogen-bond donors (Lipinski definition) is 1. The van der Waals surface area contributed by atoms with Crippen molar-refractivity contribution in [2.45, 2.75) is 45.6 Å². The monoisotopic (exact) mass is 258 g/mol. The van der Waals surface area contributed by atoms with Crippen LogP contribution in [0.5, 0.6) is 0 Å². The summed E-state index contributed by atoms with van der Waals surface area (Å²) in [6.45, 7) is 13.1. The fourth-order valence-electron chi connectivity index (χ4n) is 2.53. The molecule has 0 radical (unpaired) electrons. The Morgan fingerprint density at radius 3 is 2.16 bits per heavy atom. The Kier molecular flexibility index (Phi) is 4.18. The predicted octanol–water partition coefficient (Wildman–Crippen LogP) is 4.35. The first-order chi connectivity index (χ1) is 8.96. The zero-order valence-corrected chi connectivity index (χ0v) is 12.5. The fraction of sp³-hybridized carbons (Fsp3) is 0.529. The Bertz CT molecular complexity index is 420. The van der Waals surface area contributed by atoms with E-state index in [4.69, 9.17) is 0 Å². The summed E-state index contributed by atoms with van der Waals surface area (Å²) in [7, 11) is 0. The van der Waals surface area contributed by atoms with Crippen LogP contribution in [0, 0.1) is 0 Å². The van der Waals surface area contributed by atoms with Gasteiger partial charge in [0, 0.05) is 30.0 Å². The molecule has 0 aromatic heterocycles. The molecule has 0 aliphatic carbocycles. The number of hydrogen-bond acceptors (Lipinski definition) is 2. The highest BCUT2D eigenvalue weighted by molar-refractivity contribution is 5.64. The third-order valence-corrected chi connectivity index (χ3v) is 3.48. The molecule has 2 rings (SSSR count). The van der Waals surface area contributed by atoms with Gasteiger partial charge >= 0.3 is 0 Å². The van der Waals surface area contributed by atoms with Crippen LogP contribution in [-0.2, 0) is 0 Å². The second-order valence-corrected chi connectivity index (χ2v) is 6.45. The molecule has 1 aliphatic rings. The van der Waals surface area contributed by atoms with Crippen LogP contribution >= 0.6 is 0 Å². The molecule has 1 fully saturated rings. The SMILES string of the molecule is C=C(c1ccc(NC(C)(C)C)cc1)N1CCCCC1. The molecule has 0 saturated carbocycles. The summed E-state index contributed by atoms with van der Waals surface area (Å²) in [4.78, 5) is 2.41. The normalized spacial score (nSPS) is 16.3. The van der Waals surface area contributed by atoms with Gasteiger partial charge in [0.05, 0.1) is 0 Å². The van der Waals surface area contributed by atoms with Gasteiger partial charge in [0.2, 0.25) is 0 Å². The van der Waals surface area contributed by atoms with Gasteiger partial charge in [-0.2, -0.15) is 0 Å². The standard InChI is InChI=1S/C17H26N2/c1-14(19-12-6-5-7-13-19)15-8-10-16(11-9-15)18-17(2,3)4/h8-11,18H,1,5-7,12-13H2,2-4H3. The molecule has 0 unspecified atom stereocenters. The van der Waals surface area contributed by atoms with E-state index in [1.807, 2.05) is 0 Å². The molecule has 0 spiro atoms. The van der Waals surface area contributed by atoms with Gasteiger partial charge in [-0.1, -0.05) is 18.7 Å². The van der Waals surface area contributed by atoms with Crippen molar-refractivity contribution in [2.75, 3.05) is 18.4 Å². The first-order valence-electron chi connectivity index (χ1n) is 7.28. The molecule has 1 aromatic carbocycles. The van der Waals surface area contributed by atoms with Crippen LogP contribution in [0.4, 0.5) is 5.69 Å². The van der Waals surface area contributed by atoms with Crippen molar-refractivity contribution >= 4 is 11.4 Å². The minimum Gasteiger partial charge on any atom is -0.380 e. The molecule has 19 heavy (non-hydrogen) atoms. The van der Waals surface area contributed by atoms with E-state index in [2.05, 4.69) is 61.8 Å². The van der Waals surface area contributed by atoms with Crippen LogP contribution < -0.4 is 5.32 Å². The second-order valence-electron chi connectivity index (χ2n) is 6.45. The topological polar surface area (TPSA) is 15.3 Å². The summed E-state index contributed by atoms with van der Waals surface area (Å²) in [5.74, 6) is 0. The second kappa shape index (κ2) is 5.68. The van der Waals surface area contributed by atoms with Crippen LogP contribution in [0.2, 0.25) is 0 Å². The zero-order chi connectivity index (χ0) is 13.9. The number of likely N-dealkylation sites (tertiary alicyclic amines) is 1. The summed E-state index contributed by atoms with van der Waals surface area (Å²) in [6.07, 6.45) is 3.95. The van der Waals surface area contributed by atoms with Crippen LogP contribution in [0.15, 0.2) is 30.8 Å². The van der Waals surface area contributed by atoms with Crippen molar-refractivity contribution in [1.29, 1.82) is 0 Å². The van der Waals surface area contributed by atoms with Crippen LogP contribution in [0.3, 0.4) is 0 Å². The van der Waals surface area contributed by atoms with E-state index in [0.29, 0.717) is 0 Å². The zero-order valence-electron chi connectivity index (χ0n) is 12.5. The quantitative estimate of drug-likeness (QED) is 0.867. The molecule has 1 N–H and O–H groups in total. The third kappa shape index (κ3) is 4.02. The van der Waals surface area contributed by atoms with Gasteiger partial charge in [0.1, 0.15) is 0 Å². The van der Waals surface area contributed by atoms with Crippen molar-refractivity contribution < 1.29 is 0 Å². The van der Waals surface area contributed by atoms with Gasteiger partial charge < -0.3 is 10.2 Å². The number of anilines is 1. The summed E-state index contributed by atoms with van der Waals surface area (Å²) in [5, 5.41) is 3.48. The molecule has 1 heterocycles. The number of nitrogens with one attached hydrogen (secondary N) is 1. The van der Waals surface area contributed by atoms with Crippen LogP contribution in [-0.4, -0.2) is 23.5 Å². The Morgan fingerprint density at radius 1 is 1.05 bits per heavy atom. The minimum absolute atomic E-state index is 0.103. The van der Waals surface area contributed by atoms with E-state index in [1.165, 1.54) is 36.2 Å². The van der Waals surface area contributed by atoms with Crippen molar-refractivity contribution in [3.8, 4) is 0 Å². The maximum Gasteiger partial charge on any atom is 0.0366 e. The van der Waals surface area contributed by atoms with E-state index < -0.39 is 0 Å². The lowest BCUT2D eigenvalue weighted by Crippen LogP contribution is -2.28. The molecule has 2 nitrogen and oxygen atoms in total. The molecule has 1 aliphatic heterocycles. The maximum atomic E-state index is 4.26. The first kappa shape index (κ1) is 14.0. The number of nitrogens with zero attached hydrogens (tertiary/aromatic N) is 1. The molecule has 2 heteroatoms. The number of piperidine rings is 1. The van der Waals surface area contributed by atoms with Crippen molar-refractivity contribution in [3.05, 3.63) is 36.4 Å². The van der Waals surface area contributed by atoms with Gasteiger partial charge in [-0.05, 0) is 57.7 Å².